The van der Waals surface area contributed by atoms with E-state index in [2.05, 4.69) is 5.32 Å². The van der Waals surface area contributed by atoms with Crippen LogP contribution in [0.5, 0.6) is 0 Å². The van der Waals surface area contributed by atoms with Crippen LogP contribution < -0.4 is 5.32 Å². The first kappa shape index (κ1) is 16.1. The molecule has 0 aromatic heterocycles. The van der Waals surface area contributed by atoms with Crippen molar-refractivity contribution in [2.24, 2.45) is 0 Å². The van der Waals surface area contributed by atoms with E-state index < -0.39 is 29.2 Å². The summed E-state index contributed by atoms with van der Waals surface area (Å²) in [6.45, 7) is 3.43. The summed E-state index contributed by atoms with van der Waals surface area (Å²) in [4.78, 5) is 12.1. The number of halogens is 2. The zero-order chi connectivity index (χ0) is 16.3. The number of benzene rings is 2. The highest BCUT2D eigenvalue weighted by Crippen LogP contribution is 2.20. The van der Waals surface area contributed by atoms with Crippen LogP contribution in [0.1, 0.15) is 33.2 Å². The minimum atomic E-state index is -1.45. The molecule has 3 nitrogen and oxygen atoms in total. The van der Waals surface area contributed by atoms with E-state index in [1.165, 1.54) is 6.07 Å². The number of hydrogen-bond acceptors (Lipinski definition) is 2. The van der Waals surface area contributed by atoms with Crippen LogP contribution in [0, 0.1) is 25.5 Å². The van der Waals surface area contributed by atoms with Gasteiger partial charge in [0.05, 0.1) is 5.56 Å². The van der Waals surface area contributed by atoms with Crippen molar-refractivity contribution in [3.63, 3.8) is 0 Å². The summed E-state index contributed by atoms with van der Waals surface area (Å²) in [5.41, 5.74) is 1.82. The Bertz CT molecular complexity index is 681. The second-order valence-electron chi connectivity index (χ2n) is 5.11. The highest BCUT2D eigenvalue weighted by molar-refractivity contribution is 5.95. The number of rotatable bonds is 4. The lowest BCUT2D eigenvalue weighted by atomic mass is 10.0. The molecule has 2 aromatic carbocycles. The molecule has 0 aliphatic rings. The molecule has 0 fully saturated rings. The fourth-order valence-electron chi connectivity index (χ4n) is 2.21. The molecule has 0 bridgehead atoms. The van der Waals surface area contributed by atoms with E-state index in [0.717, 1.165) is 23.3 Å². The number of hydrogen-bond donors (Lipinski definition) is 2. The fourth-order valence-corrected chi connectivity index (χ4v) is 2.21. The molecule has 1 unspecified atom stereocenters. The van der Waals surface area contributed by atoms with Crippen molar-refractivity contribution in [3.05, 3.63) is 70.3 Å². The largest absolute Gasteiger partial charge is 0.386 e. The summed E-state index contributed by atoms with van der Waals surface area (Å²) in [5, 5.41) is 12.4. The lowest BCUT2D eigenvalue weighted by Gasteiger charge is -2.15. The molecule has 1 amide bonds. The van der Waals surface area contributed by atoms with Crippen LogP contribution in [0.15, 0.2) is 36.4 Å². The van der Waals surface area contributed by atoms with Gasteiger partial charge in [-0.1, -0.05) is 18.2 Å². The van der Waals surface area contributed by atoms with Gasteiger partial charge in [0.25, 0.3) is 5.91 Å². The smallest absolute Gasteiger partial charge is 0.251 e. The van der Waals surface area contributed by atoms with E-state index >= 15 is 0 Å². The van der Waals surface area contributed by atoms with Gasteiger partial charge in [0.2, 0.25) is 0 Å². The number of aliphatic hydroxyl groups is 1. The van der Waals surface area contributed by atoms with Crippen LogP contribution in [0.2, 0.25) is 0 Å². The molecule has 2 N–H and O–H groups in total. The first-order valence-electron chi connectivity index (χ1n) is 6.88. The van der Waals surface area contributed by atoms with Crippen molar-refractivity contribution in [2.45, 2.75) is 20.0 Å². The average Bonchev–Trinajstić information content (AvgIpc) is 2.47. The van der Waals surface area contributed by atoms with Gasteiger partial charge in [0, 0.05) is 12.1 Å². The molecule has 1 atom stereocenters. The van der Waals surface area contributed by atoms with Crippen LogP contribution in [0.4, 0.5) is 8.78 Å². The molecule has 2 rings (SSSR count). The van der Waals surface area contributed by atoms with Crippen LogP contribution >= 0.6 is 0 Å². The Morgan fingerprint density at radius 3 is 2.36 bits per heavy atom. The summed E-state index contributed by atoms with van der Waals surface area (Å²) in [7, 11) is 0. The third-order valence-corrected chi connectivity index (χ3v) is 3.64. The van der Waals surface area contributed by atoms with E-state index in [1.807, 2.05) is 19.9 Å². The Morgan fingerprint density at radius 2 is 1.73 bits per heavy atom. The van der Waals surface area contributed by atoms with E-state index in [4.69, 9.17) is 0 Å². The fraction of sp³-hybridized carbons (Fsp3) is 0.235. The minimum Gasteiger partial charge on any atom is -0.386 e. The predicted molar refractivity (Wildman–Crippen MR) is 79.6 cm³/mol. The topological polar surface area (TPSA) is 49.3 Å². The van der Waals surface area contributed by atoms with Crippen molar-refractivity contribution >= 4 is 5.91 Å². The number of aliphatic hydroxyl groups excluding tert-OH is 1. The molecule has 0 heterocycles. The minimum absolute atomic E-state index is 0.274. The third kappa shape index (κ3) is 3.31. The molecule has 0 spiro atoms. The molecule has 0 saturated carbocycles. The average molecular weight is 305 g/mol. The highest BCUT2D eigenvalue weighted by atomic mass is 19.1. The van der Waals surface area contributed by atoms with E-state index in [0.29, 0.717) is 5.56 Å². The van der Waals surface area contributed by atoms with E-state index in [-0.39, 0.29) is 6.54 Å². The van der Waals surface area contributed by atoms with Crippen molar-refractivity contribution < 1.29 is 18.7 Å². The van der Waals surface area contributed by atoms with E-state index in [1.54, 1.807) is 12.1 Å². The molecular weight excluding hydrogens is 288 g/mol. The summed E-state index contributed by atoms with van der Waals surface area (Å²) in [6, 6.07) is 8.64. The lowest BCUT2D eigenvalue weighted by molar-refractivity contribution is 0.0910. The molecule has 0 aliphatic heterocycles. The van der Waals surface area contributed by atoms with Gasteiger partial charge in [-0.3, -0.25) is 4.79 Å². The van der Waals surface area contributed by atoms with Crippen LogP contribution in [-0.4, -0.2) is 17.6 Å². The standard InChI is InChI=1S/C17H17F2NO2/c1-10-5-3-6-12(11(10)2)17(22)20-9-15(21)16-13(18)7-4-8-14(16)19/h3-8,15,21H,9H2,1-2H3,(H,20,22). The summed E-state index contributed by atoms with van der Waals surface area (Å²) >= 11 is 0. The van der Waals surface area contributed by atoms with Gasteiger partial charge in [-0.15, -0.1) is 0 Å². The van der Waals surface area contributed by atoms with E-state index in [9.17, 15) is 18.7 Å². The van der Waals surface area contributed by atoms with Crippen LogP contribution in [0.3, 0.4) is 0 Å². The van der Waals surface area contributed by atoms with Crippen molar-refractivity contribution in [2.75, 3.05) is 6.54 Å². The third-order valence-electron chi connectivity index (χ3n) is 3.64. The Hall–Kier alpha value is -2.27. The second-order valence-corrected chi connectivity index (χ2v) is 5.11. The number of nitrogens with one attached hydrogen (secondary N) is 1. The molecule has 116 valence electrons. The summed E-state index contributed by atoms with van der Waals surface area (Å²) in [5.74, 6) is -2.07. The van der Waals surface area contributed by atoms with Crippen LogP contribution in [0.25, 0.3) is 0 Å². The molecular formula is C17H17F2NO2. The first-order chi connectivity index (χ1) is 10.4. The van der Waals surface area contributed by atoms with Crippen LogP contribution in [-0.2, 0) is 0 Å². The lowest BCUT2D eigenvalue weighted by Crippen LogP contribution is -2.29. The quantitative estimate of drug-likeness (QED) is 0.912. The maximum atomic E-state index is 13.6. The number of amides is 1. The van der Waals surface area contributed by atoms with Gasteiger partial charge >= 0.3 is 0 Å². The monoisotopic (exact) mass is 305 g/mol. The predicted octanol–water partition coefficient (Wildman–Crippen LogP) is 3.05. The Balaban J connectivity index is 2.09. The Kier molecular flexibility index (Phi) is 4.88. The van der Waals surface area contributed by atoms with Crippen molar-refractivity contribution in [1.29, 1.82) is 0 Å². The maximum absolute atomic E-state index is 13.6. The zero-order valence-electron chi connectivity index (χ0n) is 12.4. The number of carbonyl (C=O) groups is 1. The van der Waals surface area contributed by atoms with Gasteiger partial charge in [-0.05, 0) is 43.2 Å². The second kappa shape index (κ2) is 6.66. The molecule has 5 heteroatoms. The molecule has 0 aliphatic carbocycles. The highest BCUT2D eigenvalue weighted by Gasteiger charge is 2.19. The van der Waals surface area contributed by atoms with Crippen molar-refractivity contribution in [3.8, 4) is 0 Å². The molecule has 0 radical (unpaired) electrons. The van der Waals surface area contributed by atoms with Gasteiger partial charge in [0.15, 0.2) is 0 Å². The van der Waals surface area contributed by atoms with Crippen molar-refractivity contribution in [1.82, 2.24) is 5.32 Å². The van der Waals surface area contributed by atoms with Gasteiger partial charge < -0.3 is 10.4 Å². The Morgan fingerprint density at radius 1 is 1.14 bits per heavy atom. The SMILES string of the molecule is Cc1cccc(C(=O)NCC(O)c2c(F)cccc2F)c1C. The van der Waals surface area contributed by atoms with Gasteiger partial charge in [0.1, 0.15) is 17.7 Å². The summed E-state index contributed by atoms with van der Waals surface area (Å²) in [6.07, 6.45) is -1.45. The normalized spacial score (nSPS) is 12.0. The number of aryl methyl sites for hydroxylation is 1. The maximum Gasteiger partial charge on any atom is 0.251 e. The zero-order valence-corrected chi connectivity index (χ0v) is 12.4. The molecule has 22 heavy (non-hydrogen) atoms. The van der Waals surface area contributed by atoms with Gasteiger partial charge in [-0.25, -0.2) is 8.78 Å². The summed E-state index contributed by atoms with van der Waals surface area (Å²) < 4.78 is 27.1. The first-order valence-corrected chi connectivity index (χ1v) is 6.88. The molecule has 2 aromatic rings. The Labute approximate surface area is 127 Å². The molecule has 0 saturated heterocycles. The number of carbonyl (C=O) groups excluding carboxylic acids is 1. The van der Waals surface area contributed by atoms with Gasteiger partial charge in [-0.2, -0.15) is 0 Å².